The summed E-state index contributed by atoms with van der Waals surface area (Å²) in [6, 6.07) is 12.8. The molecule has 0 saturated carbocycles. The third kappa shape index (κ3) is 2.77. The van der Waals surface area contributed by atoms with Crippen LogP contribution < -0.4 is 5.32 Å². The zero-order valence-corrected chi connectivity index (χ0v) is 13.9. The Kier molecular flexibility index (Phi) is 3.76. The zero-order valence-electron chi connectivity index (χ0n) is 12.3. The third-order valence-electron chi connectivity index (χ3n) is 3.47. The van der Waals surface area contributed by atoms with Crippen LogP contribution in [0.2, 0.25) is 5.15 Å². The van der Waals surface area contributed by atoms with Gasteiger partial charge >= 0.3 is 0 Å². The second-order valence-electron chi connectivity index (χ2n) is 5.07. The maximum Gasteiger partial charge on any atom is 0.255 e. The van der Waals surface area contributed by atoms with E-state index < -0.39 is 0 Å². The predicted molar refractivity (Wildman–Crippen MR) is 96.1 cm³/mol. The Morgan fingerprint density at radius 1 is 1.17 bits per heavy atom. The minimum absolute atomic E-state index is 0.234. The highest BCUT2D eigenvalue weighted by molar-refractivity contribution is 7.20. The Morgan fingerprint density at radius 2 is 2.00 bits per heavy atom. The van der Waals surface area contributed by atoms with E-state index >= 15 is 0 Å². The van der Waals surface area contributed by atoms with E-state index in [1.54, 1.807) is 24.4 Å². The normalized spacial score (nSPS) is 10.9. The van der Waals surface area contributed by atoms with E-state index in [-0.39, 0.29) is 11.1 Å². The van der Waals surface area contributed by atoms with Crippen LogP contribution in [0.1, 0.15) is 10.4 Å². The van der Waals surface area contributed by atoms with Crippen molar-refractivity contribution in [2.24, 2.45) is 0 Å². The number of hydrogen-bond donors (Lipinski definition) is 1. The van der Waals surface area contributed by atoms with Crippen LogP contribution in [0.3, 0.4) is 0 Å². The Morgan fingerprint density at radius 3 is 2.79 bits per heavy atom. The quantitative estimate of drug-likeness (QED) is 0.555. The number of nitrogens with zero attached hydrogens (tertiary/aromatic N) is 3. The van der Waals surface area contributed by atoms with E-state index in [0.29, 0.717) is 11.3 Å². The number of rotatable bonds is 3. The minimum atomic E-state index is -0.234. The van der Waals surface area contributed by atoms with Gasteiger partial charge in [0.1, 0.15) is 0 Å². The van der Waals surface area contributed by atoms with E-state index in [4.69, 9.17) is 11.6 Å². The molecule has 3 heterocycles. The lowest BCUT2D eigenvalue weighted by atomic mass is 10.2. The van der Waals surface area contributed by atoms with Crippen LogP contribution in [0.4, 0.5) is 5.69 Å². The van der Waals surface area contributed by atoms with Crippen molar-refractivity contribution in [3.63, 3.8) is 0 Å². The molecule has 0 atom stereocenters. The summed E-state index contributed by atoms with van der Waals surface area (Å²) in [5.74, 6) is -0.234. The highest BCUT2D eigenvalue weighted by Crippen LogP contribution is 2.26. The molecule has 5 nitrogen and oxygen atoms in total. The predicted octanol–water partition coefficient (Wildman–Crippen LogP) is 4.39. The average molecular weight is 355 g/mol. The van der Waals surface area contributed by atoms with Gasteiger partial charge in [-0.25, -0.2) is 9.97 Å². The summed E-state index contributed by atoms with van der Waals surface area (Å²) in [5.41, 5.74) is 1.89. The van der Waals surface area contributed by atoms with Crippen molar-refractivity contribution >= 4 is 44.7 Å². The second-order valence-corrected chi connectivity index (χ2v) is 6.43. The van der Waals surface area contributed by atoms with Crippen molar-refractivity contribution in [2.75, 3.05) is 5.32 Å². The van der Waals surface area contributed by atoms with Crippen LogP contribution >= 0.6 is 22.9 Å². The van der Waals surface area contributed by atoms with Gasteiger partial charge in [-0.3, -0.25) is 4.79 Å². The molecular weight excluding hydrogens is 344 g/mol. The lowest BCUT2D eigenvalue weighted by molar-refractivity contribution is 0.102. The molecule has 0 bridgehead atoms. The van der Waals surface area contributed by atoms with Gasteiger partial charge < -0.3 is 9.88 Å². The van der Waals surface area contributed by atoms with Gasteiger partial charge in [0.05, 0.1) is 15.9 Å². The van der Waals surface area contributed by atoms with Crippen molar-refractivity contribution in [3.8, 4) is 5.13 Å². The number of aromatic nitrogens is 3. The third-order valence-corrected chi connectivity index (χ3v) is 4.80. The molecule has 0 radical (unpaired) electrons. The van der Waals surface area contributed by atoms with Gasteiger partial charge in [0.25, 0.3) is 5.91 Å². The van der Waals surface area contributed by atoms with Crippen LogP contribution in [0.15, 0.2) is 61.1 Å². The van der Waals surface area contributed by atoms with Gasteiger partial charge in [-0.2, -0.15) is 0 Å². The average Bonchev–Trinajstić information content (AvgIpc) is 3.25. The topological polar surface area (TPSA) is 59.8 Å². The van der Waals surface area contributed by atoms with Crippen molar-refractivity contribution < 1.29 is 4.79 Å². The van der Waals surface area contributed by atoms with Gasteiger partial charge in [-0.15, -0.1) is 0 Å². The molecule has 118 valence electrons. The molecule has 0 aliphatic carbocycles. The number of carbonyl (C=O) groups excluding carboxylic acids is 1. The SMILES string of the molecule is O=C(Nc1cccnc1Cl)c1ccc2nc(-n3cccc3)sc2c1. The fraction of sp³-hybridized carbons (Fsp3) is 0. The van der Waals surface area contributed by atoms with E-state index in [0.717, 1.165) is 15.3 Å². The summed E-state index contributed by atoms with van der Waals surface area (Å²) in [5, 5.41) is 3.90. The number of hydrogen-bond acceptors (Lipinski definition) is 4. The first-order valence-electron chi connectivity index (χ1n) is 7.16. The fourth-order valence-corrected chi connectivity index (χ4v) is 3.44. The number of fused-ring (bicyclic) bond motifs is 1. The van der Waals surface area contributed by atoms with E-state index in [1.807, 2.05) is 41.2 Å². The van der Waals surface area contributed by atoms with Crippen LogP contribution in [0.25, 0.3) is 15.3 Å². The fourth-order valence-electron chi connectivity index (χ4n) is 2.30. The monoisotopic (exact) mass is 354 g/mol. The first kappa shape index (κ1) is 14.9. The van der Waals surface area contributed by atoms with Crippen molar-refractivity contribution in [2.45, 2.75) is 0 Å². The molecule has 1 aromatic carbocycles. The van der Waals surface area contributed by atoms with Crippen molar-refractivity contribution in [3.05, 3.63) is 71.8 Å². The minimum Gasteiger partial charge on any atom is -0.319 e. The van der Waals surface area contributed by atoms with Gasteiger partial charge in [0, 0.05) is 24.2 Å². The number of halogens is 1. The summed E-state index contributed by atoms with van der Waals surface area (Å²) in [7, 11) is 0. The number of nitrogens with one attached hydrogen (secondary N) is 1. The largest absolute Gasteiger partial charge is 0.319 e. The molecule has 7 heteroatoms. The summed E-state index contributed by atoms with van der Waals surface area (Å²) in [4.78, 5) is 20.9. The van der Waals surface area contributed by atoms with Crippen LogP contribution in [-0.4, -0.2) is 20.4 Å². The maximum absolute atomic E-state index is 12.4. The van der Waals surface area contributed by atoms with E-state index in [1.165, 1.54) is 11.3 Å². The van der Waals surface area contributed by atoms with E-state index in [2.05, 4.69) is 15.3 Å². The summed E-state index contributed by atoms with van der Waals surface area (Å²) in [6.45, 7) is 0. The number of carbonyl (C=O) groups is 1. The highest BCUT2D eigenvalue weighted by Gasteiger charge is 2.12. The Hall–Kier alpha value is -2.70. The first-order valence-corrected chi connectivity index (χ1v) is 8.36. The maximum atomic E-state index is 12.4. The Balaban J connectivity index is 1.65. The second kappa shape index (κ2) is 6.07. The molecule has 0 saturated heterocycles. The first-order chi connectivity index (χ1) is 11.7. The molecule has 4 aromatic rings. The lowest BCUT2D eigenvalue weighted by Crippen LogP contribution is -2.12. The van der Waals surface area contributed by atoms with Crippen LogP contribution in [0, 0.1) is 0 Å². The van der Waals surface area contributed by atoms with Crippen molar-refractivity contribution in [1.82, 2.24) is 14.5 Å². The van der Waals surface area contributed by atoms with Gasteiger partial charge in [-0.1, -0.05) is 22.9 Å². The molecule has 0 spiro atoms. The molecule has 3 aromatic heterocycles. The molecular formula is C17H11ClN4OS. The number of anilines is 1. The molecule has 1 N–H and O–H groups in total. The summed E-state index contributed by atoms with van der Waals surface area (Å²) < 4.78 is 2.89. The molecule has 0 fully saturated rings. The van der Waals surface area contributed by atoms with Crippen LogP contribution in [-0.2, 0) is 0 Å². The molecule has 4 rings (SSSR count). The smallest absolute Gasteiger partial charge is 0.255 e. The molecule has 1 amide bonds. The standard InChI is InChI=1S/C17H11ClN4OS/c18-15-13(4-3-7-19-15)20-16(23)11-5-6-12-14(10-11)24-17(21-12)22-8-1-2-9-22/h1-10H,(H,20,23). The zero-order chi connectivity index (χ0) is 16.5. The van der Waals surface area contributed by atoms with Crippen molar-refractivity contribution in [1.29, 1.82) is 0 Å². The van der Waals surface area contributed by atoms with E-state index in [9.17, 15) is 4.79 Å². The summed E-state index contributed by atoms with van der Waals surface area (Å²) in [6.07, 6.45) is 5.45. The van der Waals surface area contributed by atoms with Gasteiger partial charge in [0.15, 0.2) is 10.3 Å². The number of benzene rings is 1. The number of pyridine rings is 1. The lowest BCUT2D eigenvalue weighted by Gasteiger charge is -2.06. The van der Waals surface area contributed by atoms with Gasteiger partial charge in [0.2, 0.25) is 0 Å². The highest BCUT2D eigenvalue weighted by atomic mass is 35.5. The van der Waals surface area contributed by atoms with Crippen LogP contribution in [0.5, 0.6) is 0 Å². The summed E-state index contributed by atoms with van der Waals surface area (Å²) >= 11 is 7.50. The van der Waals surface area contributed by atoms with Gasteiger partial charge in [-0.05, 0) is 42.5 Å². The number of amides is 1. The molecule has 0 aliphatic rings. The molecule has 0 unspecified atom stereocenters. The Labute approximate surface area is 146 Å². The Bertz CT molecular complexity index is 1030. The molecule has 0 aliphatic heterocycles. The molecule has 24 heavy (non-hydrogen) atoms. The number of thiazole rings is 1.